The van der Waals surface area contributed by atoms with Gasteiger partial charge in [-0.25, -0.2) is 13.6 Å². The fourth-order valence-electron chi connectivity index (χ4n) is 5.33. The molecule has 2 aliphatic heterocycles. The van der Waals surface area contributed by atoms with E-state index in [1.54, 1.807) is 42.5 Å². The fourth-order valence-corrected chi connectivity index (χ4v) is 5.52. The first-order valence-electron chi connectivity index (χ1n) is 13.1. The van der Waals surface area contributed by atoms with E-state index in [1.165, 1.54) is 12.0 Å². The number of carboxylic acids is 1. The highest BCUT2D eigenvalue weighted by atomic mass is 35.5. The maximum atomic E-state index is 14.4. The summed E-state index contributed by atoms with van der Waals surface area (Å²) in [4.78, 5) is 40.0. The van der Waals surface area contributed by atoms with E-state index in [4.69, 9.17) is 21.4 Å². The standard InChI is InChI=1S/C28H33ClF2N4O5/c1-40-24-12-19(6-7-23(24)33-27(39)32-22-5-3-2-4-21(22)29)13-25(36)35-17-28(30,31)15-20(35)16-34-10-8-18(9-11-34)14-26(37)38/h2-7,12,18,20H,8-11,13-17H2,1H3,(H,37,38)(H2,32,33,39)/t20-/m0/s1. The van der Waals surface area contributed by atoms with Crippen LogP contribution < -0.4 is 15.4 Å². The number of rotatable bonds is 9. The monoisotopic (exact) mass is 578 g/mol. The van der Waals surface area contributed by atoms with Gasteiger partial charge in [-0.1, -0.05) is 29.8 Å². The molecule has 2 aliphatic rings. The Morgan fingerprint density at radius 2 is 1.80 bits per heavy atom. The van der Waals surface area contributed by atoms with Gasteiger partial charge in [-0.3, -0.25) is 9.59 Å². The van der Waals surface area contributed by atoms with Crippen molar-refractivity contribution in [3.63, 3.8) is 0 Å². The van der Waals surface area contributed by atoms with E-state index in [1.807, 2.05) is 4.90 Å². The lowest BCUT2D eigenvalue weighted by Crippen LogP contribution is -2.46. The molecule has 9 nitrogen and oxygen atoms in total. The molecule has 0 radical (unpaired) electrons. The van der Waals surface area contributed by atoms with Crippen molar-refractivity contribution < 1.29 is 33.0 Å². The number of urea groups is 1. The molecular weight excluding hydrogens is 546 g/mol. The third kappa shape index (κ3) is 7.82. The Hall–Kier alpha value is -3.44. The smallest absolute Gasteiger partial charge is 0.323 e. The molecule has 1 atom stereocenters. The molecule has 0 spiro atoms. The van der Waals surface area contributed by atoms with Crippen molar-refractivity contribution >= 4 is 40.9 Å². The third-order valence-electron chi connectivity index (χ3n) is 7.33. The van der Waals surface area contributed by atoms with Crippen LogP contribution in [0.2, 0.25) is 5.02 Å². The SMILES string of the molecule is COc1cc(CC(=O)N2CC(F)(F)C[C@H]2CN2CCC(CC(=O)O)CC2)ccc1NC(=O)Nc1ccccc1Cl. The van der Waals surface area contributed by atoms with Gasteiger partial charge in [-0.05, 0) is 61.7 Å². The average Bonchev–Trinajstić information content (AvgIpc) is 3.21. The Kier molecular flexibility index (Phi) is 9.47. The molecule has 2 aromatic carbocycles. The van der Waals surface area contributed by atoms with Crippen LogP contribution in [0.25, 0.3) is 0 Å². The molecule has 0 unspecified atom stereocenters. The molecule has 0 bridgehead atoms. The molecule has 0 saturated carbocycles. The number of benzene rings is 2. The number of amides is 3. The van der Waals surface area contributed by atoms with E-state index in [-0.39, 0.29) is 18.8 Å². The van der Waals surface area contributed by atoms with Crippen LogP contribution in [0.1, 0.15) is 31.2 Å². The van der Waals surface area contributed by atoms with Crippen molar-refractivity contribution in [3.8, 4) is 5.75 Å². The maximum Gasteiger partial charge on any atom is 0.323 e. The molecular formula is C28H33ClF2N4O5. The van der Waals surface area contributed by atoms with Crippen LogP contribution in [-0.4, -0.2) is 78.1 Å². The number of carboxylic acid groups (broad SMARTS) is 1. The predicted molar refractivity (Wildman–Crippen MR) is 147 cm³/mol. The molecule has 4 rings (SSSR count). The Morgan fingerprint density at radius 3 is 2.48 bits per heavy atom. The van der Waals surface area contributed by atoms with Crippen LogP contribution in [0.15, 0.2) is 42.5 Å². The summed E-state index contributed by atoms with van der Waals surface area (Å²) in [6.07, 6.45) is 1.000. The van der Waals surface area contributed by atoms with Crippen molar-refractivity contribution in [2.24, 2.45) is 5.92 Å². The molecule has 0 aromatic heterocycles. The second-order valence-electron chi connectivity index (χ2n) is 10.3. The van der Waals surface area contributed by atoms with Gasteiger partial charge in [0.1, 0.15) is 5.75 Å². The average molecular weight is 579 g/mol. The van der Waals surface area contributed by atoms with Crippen LogP contribution in [0.5, 0.6) is 5.75 Å². The predicted octanol–water partition coefficient (Wildman–Crippen LogP) is 4.96. The summed E-state index contributed by atoms with van der Waals surface area (Å²) in [6.45, 7) is 0.939. The number of carbonyl (C=O) groups excluding carboxylic acids is 2. The second-order valence-corrected chi connectivity index (χ2v) is 10.8. The number of aliphatic carboxylic acids is 1. The van der Waals surface area contributed by atoms with Gasteiger partial charge in [-0.15, -0.1) is 0 Å². The molecule has 2 fully saturated rings. The van der Waals surface area contributed by atoms with E-state index >= 15 is 0 Å². The van der Waals surface area contributed by atoms with E-state index < -0.39 is 42.8 Å². The number of hydrogen-bond donors (Lipinski definition) is 3. The summed E-state index contributed by atoms with van der Waals surface area (Å²) in [6, 6.07) is 10.4. The summed E-state index contributed by atoms with van der Waals surface area (Å²) >= 11 is 6.09. The minimum Gasteiger partial charge on any atom is -0.495 e. The lowest BCUT2D eigenvalue weighted by Gasteiger charge is -2.35. The van der Waals surface area contributed by atoms with Crippen LogP contribution in [0.4, 0.5) is 25.0 Å². The summed E-state index contributed by atoms with van der Waals surface area (Å²) in [5.41, 5.74) is 1.35. The van der Waals surface area contributed by atoms with Gasteiger partial charge in [0.2, 0.25) is 5.91 Å². The highest BCUT2D eigenvalue weighted by Crippen LogP contribution is 2.34. The number of ether oxygens (including phenoxy) is 1. The molecule has 12 heteroatoms. The molecule has 0 aliphatic carbocycles. The lowest BCUT2D eigenvalue weighted by atomic mass is 9.93. The molecule has 2 aromatic rings. The van der Waals surface area contributed by atoms with Gasteiger partial charge in [-0.2, -0.15) is 0 Å². The highest BCUT2D eigenvalue weighted by Gasteiger charge is 2.47. The Labute approximate surface area is 236 Å². The first kappa shape index (κ1) is 29.5. The number of nitrogens with one attached hydrogen (secondary N) is 2. The quantitative estimate of drug-likeness (QED) is 0.388. The van der Waals surface area contributed by atoms with Gasteiger partial charge in [0, 0.05) is 19.4 Å². The Bertz CT molecular complexity index is 1240. The number of hydrogen-bond acceptors (Lipinski definition) is 5. The number of para-hydroxylation sites is 1. The normalized spacial score (nSPS) is 19.3. The van der Waals surface area contributed by atoms with Crippen LogP contribution >= 0.6 is 11.6 Å². The van der Waals surface area contributed by atoms with Crippen molar-refractivity contribution in [1.82, 2.24) is 9.80 Å². The number of methoxy groups -OCH3 is 1. The molecule has 3 N–H and O–H groups in total. The number of anilines is 2. The Morgan fingerprint density at radius 1 is 1.10 bits per heavy atom. The molecule has 216 valence electrons. The van der Waals surface area contributed by atoms with E-state index in [9.17, 15) is 23.2 Å². The van der Waals surface area contributed by atoms with Crippen molar-refractivity contribution in [1.29, 1.82) is 0 Å². The van der Waals surface area contributed by atoms with Crippen LogP contribution in [-0.2, 0) is 16.0 Å². The molecule has 2 saturated heterocycles. The van der Waals surface area contributed by atoms with Crippen molar-refractivity contribution in [2.75, 3.05) is 43.9 Å². The van der Waals surface area contributed by atoms with E-state index in [2.05, 4.69) is 10.6 Å². The number of likely N-dealkylation sites (tertiary alicyclic amines) is 2. The summed E-state index contributed by atoms with van der Waals surface area (Å²) in [5, 5.41) is 14.7. The zero-order chi connectivity index (χ0) is 28.9. The van der Waals surface area contributed by atoms with Gasteiger partial charge >= 0.3 is 12.0 Å². The molecule has 40 heavy (non-hydrogen) atoms. The minimum atomic E-state index is -2.97. The Balaban J connectivity index is 1.37. The van der Waals surface area contributed by atoms with Crippen molar-refractivity contribution in [2.45, 2.75) is 44.1 Å². The maximum absolute atomic E-state index is 14.4. The number of halogens is 3. The fraction of sp³-hybridized carbons (Fsp3) is 0.464. The zero-order valence-electron chi connectivity index (χ0n) is 22.2. The number of nitrogens with zero attached hydrogens (tertiary/aromatic N) is 2. The summed E-state index contributed by atoms with van der Waals surface area (Å²) in [7, 11) is 1.43. The topological polar surface area (TPSA) is 111 Å². The van der Waals surface area contributed by atoms with Gasteiger partial charge < -0.3 is 30.3 Å². The number of carbonyl (C=O) groups is 3. The minimum absolute atomic E-state index is 0.0890. The molecule has 3 amide bonds. The third-order valence-corrected chi connectivity index (χ3v) is 7.66. The zero-order valence-corrected chi connectivity index (χ0v) is 22.9. The summed E-state index contributed by atoms with van der Waals surface area (Å²) in [5.74, 6) is -3.81. The van der Waals surface area contributed by atoms with Crippen LogP contribution in [0, 0.1) is 5.92 Å². The number of piperidine rings is 1. The summed E-state index contributed by atoms with van der Waals surface area (Å²) < 4.78 is 34.2. The number of alkyl halides is 2. The van der Waals surface area contributed by atoms with Gasteiger partial charge in [0.05, 0.1) is 42.5 Å². The first-order valence-corrected chi connectivity index (χ1v) is 13.5. The highest BCUT2D eigenvalue weighted by molar-refractivity contribution is 6.33. The largest absolute Gasteiger partial charge is 0.495 e. The van der Waals surface area contributed by atoms with Crippen molar-refractivity contribution in [3.05, 3.63) is 53.1 Å². The van der Waals surface area contributed by atoms with Crippen LogP contribution in [0.3, 0.4) is 0 Å². The van der Waals surface area contributed by atoms with Gasteiger partial charge in [0.15, 0.2) is 0 Å². The van der Waals surface area contributed by atoms with E-state index in [0.717, 1.165) is 0 Å². The second kappa shape index (κ2) is 12.8. The molecule has 2 heterocycles. The van der Waals surface area contributed by atoms with Gasteiger partial charge in [0.25, 0.3) is 5.92 Å². The lowest BCUT2D eigenvalue weighted by molar-refractivity contribution is -0.138. The first-order chi connectivity index (χ1) is 19.0. The van der Waals surface area contributed by atoms with E-state index in [0.29, 0.717) is 60.2 Å².